The Balaban J connectivity index is 1.99. The van der Waals surface area contributed by atoms with E-state index in [-0.39, 0.29) is 0 Å². The number of benzene rings is 1. The topological polar surface area (TPSA) is 21.1 Å². The third kappa shape index (κ3) is 3.09. The Morgan fingerprint density at radius 3 is 2.88 bits per heavy atom. The average Bonchev–Trinajstić information content (AvgIpc) is 2.82. The zero-order valence-electron chi connectivity index (χ0n) is 10.1. The summed E-state index contributed by atoms with van der Waals surface area (Å²) in [7, 11) is 2.10. The Kier molecular flexibility index (Phi) is 3.84. The van der Waals surface area contributed by atoms with Crippen molar-refractivity contribution in [2.24, 2.45) is 0 Å². The van der Waals surface area contributed by atoms with Crippen molar-refractivity contribution >= 4 is 21.6 Å². The first kappa shape index (κ1) is 12.2. The van der Waals surface area contributed by atoms with Gasteiger partial charge < -0.3 is 4.90 Å². The molecule has 17 heavy (non-hydrogen) atoms. The molecule has 4 heteroatoms. The molecule has 1 aromatic heterocycles. The van der Waals surface area contributed by atoms with Gasteiger partial charge in [-0.2, -0.15) is 5.10 Å². The van der Waals surface area contributed by atoms with E-state index in [0.29, 0.717) is 0 Å². The van der Waals surface area contributed by atoms with Gasteiger partial charge in [-0.15, -0.1) is 0 Å². The summed E-state index contributed by atoms with van der Waals surface area (Å²) >= 11 is 3.52. The van der Waals surface area contributed by atoms with Gasteiger partial charge in [0.15, 0.2) is 0 Å². The normalized spacial score (nSPS) is 10.5. The lowest BCUT2D eigenvalue weighted by Crippen LogP contribution is -2.22. The summed E-state index contributed by atoms with van der Waals surface area (Å²) in [4.78, 5) is 2.24. The van der Waals surface area contributed by atoms with Crippen LogP contribution in [0.25, 0.3) is 0 Å². The smallest absolute Gasteiger partial charge is 0.0584 e. The minimum atomic E-state index is 0.901. The highest BCUT2D eigenvalue weighted by atomic mass is 79.9. The zero-order valence-corrected chi connectivity index (χ0v) is 11.7. The molecule has 0 aliphatic heterocycles. The monoisotopic (exact) mass is 293 g/mol. The fourth-order valence-electron chi connectivity index (χ4n) is 1.68. The van der Waals surface area contributed by atoms with Crippen LogP contribution in [-0.2, 0) is 6.54 Å². The molecule has 0 fully saturated rings. The first-order chi connectivity index (χ1) is 8.16. The molecule has 0 atom stereocenters. The van der Waals surface area contributed by atoms with Gasteiger partial charge in [-0.3, -0.25) is 4.68 Å². The summed E-state index contributed by atoms with van der Waals surface area (Å²) in [6.45, 7) is 3.95. The number of anilines is 1. The van der Waals surface area contributed by atoms with E-state index in [1.807, 2.05) is 23.1 Å². The number of likely N-dealkylation sites (N-methyl/N-ethyl adjacent to an activating group) is 1. The number of halogens is 1. The molecular weight excluding hydrogens is 278 g/mol. The second-order valence-electron chi connectivity index (χ2n) is 4.12. The molecule has 0 saturated carbocycles. The molecule has 0 radical (unpaired) electrons. The van der Waals surface area contributed by atoms with Crippen LogP contribution in [0.2, 0.25) is 0 Å². The lowest BCUT2D eigenvalue weighted by atomic mass is 10.2. The molecule has 0 aliphatic rings. The van der Waals surface area contributed by atoms with Gasteiger partial charge >= 0.3 is 0 Å². The molecule has 90 valence electrons. The van der Waals surface area contributed by atoms with Crippen molar-refractivity contribution in [3.63, 3.8) is 0 Å². The molecule has 1 heterocycles. The Hall–Kier alpha value is -1.29. The second kappa shape index (κ2) is 5.36. The number of nitrogens with zero attached hydrogens (tertiary/aromatic N) is 3. The third-order valence-electron chi connectivity index (χ3n) is 2.81. The molecule has 0 bridgehead atoms. The molecule has 1 aromatic carbocycles. The number of hydrogen-bond donors (Lipinski definition) is 0. The summed E-state index contributed by atoms with van der Waals surface area (Å²) in [5, 5.41) is 4.20. The van der Waals surface area contributed by atoms with Crippen LogP contribution in [0.5, 0.6) is 0 Å². The fourth-order valence-corrected chi connectivity index (χ4v) is 1.93. The number of hydrogen-bond acceptors (Lipinski definition) is 2. The first-order valence-corrected chi connectivity index (χ1v) is 6.41. The van der Waals surface area contributed by atoms with E-state index in [2.05, 4.69) is 58.1 Å². The Labute approximate surface area is 110 Å². The van der Waals surface area contributed by atoms with Crippen LogP contribution < -0.4 is 4.90 Å². The van der Waals surface area contributed by atoms with Crippen LogP contribution >= 0.6 is 15.9 Å². The number of aromatic nitrogens is 2. The van der Waals surface area contributed by atoms with Crippen LogP contribution in [0.1, 0.15) is 5.56 Å². The van der Waals surface area contributed by atoms with E-state index in [9.17, 15) is 0 Å². The van der Waals surface area contributed by atoms with Gasteiger partial charge in [0.25, 0.3) is 0 Å². The summed E-state index contributed by atoms with van der Waals surface area (Å²) in [5.74, 6) is 0. The van der Waals surface area contributed by atoms with Crippen molar-refractivity contribution in [2.45, 2.75) is 13.5 Å². The van der Waals surface area contributed by atoms with Crippen molar-refractivity contribution in [3.05, 3.63) is 46.7 Å². The van der Waals surface area contributed by atoms with Gasteiger partial charge in [0.05, 0.1) is 6.54 Å². The SMILES string of the molecule is Cc1cc(N(C)CCn2cccn2)ccc1Br. The van der Waals surface area contributed by atoms with E-state index in [1.165, 1.54) is 11.3 Å². The molecule has 0 amide bonds. The quantitative estimate of drug-likeness (QED) is 0.864. The predicted molar refractivity (Wildman–Crippen MR) is 74.4 cm³/mol. The summed E-state index contributed by atoms with van der Waals surface area (Å²) in [6, 6.07) is 8.35. The maximum absolute atomic E-state index is 4.20. The van der Waals surface area contributed by atoms with Gasteiger partial charge in [-0.05, 0) is 36.8 Å². The van der Waals surface area contributed by atoms with Crippen LogP contribution in [-0.4, -0.2) is 23.4 Å². The maximum atomic E-state index is 4.20. The van der Waals surface area contributed by atoms with E-state index in [0.717, 1.165) is 17.6 Å². The Morgan fingerprint density at radius 1 is 1.41 bits per heavy atom. The molecule has 0 spiro atoms. The summed E-state index contributed by atoms with van der Waals surface area (Å²) in [5.41, 5.74) is 2.49. The van der Waals surface area contributed by atoms with Crippen LogP contribution in [0.3, 0.4) is 0 Å². The summed E-state index contributed by atoms with van der Waals surface area (Å²) < 4.78 is 3.10. The highest BCUT2D eigenvalue weighted by Gasteiger charge is 2.03. The van der Waals surface area contributed by atoms with E-state index < -0.39 is 0 Å². The highest BCUT2D eigenvalue weighted by Crippen LogP contribution is 2.22. The number of aryl methyl sites for hydroxylation is 1. The Bertz CT molecular complexity index is 479. The Morgan fingerprint density at radius 2 is 2.24 bits per heavy atom. The van der Waals surface area contributed by atoms with Crippen molar-refractivity contribution in [3.8, 4) is 0 Å². The molecule has 0 saturated heterocycles. The number of rotatable bonds is 4. The minimum Gasteiger partial charge on any atom is -0.373 e. The molecule has 0 aliphatic carbocycles. The maximum Gasteiger partial charge on any atom is 0.0584 e. The third-order valence-corrected chi connectivity index (χ3v) is 3.70. The lowest BCUT2D eigenvalue weighted by molar-refractivity contribution is 0.611. The van der Waals surface area contributed by atoms with Crippen molar-refractivity contribution in [2.75, 3.05) is 18.5 Å². The van der Waals surface area contributed by atoms with Gasteiger partial charge in [-0.1, -0.05) is 15.9 Å². The van der Waals surface area contributed by atoms with E-state index >= 15 is 0 Å². The zero-order chi connectivity index (χ0) is 12.3. The van der Waals surface area contributed by atoms with Gasteiger partial charge in [0.2, 0.25) is 0 Å². The van der Waals surface area contributed by atoms with Gasteiger partial charge in [0, 0.05) is 36.1 Å². The van der Waals surface area contributed by atoms with Crippen molar-refractivity contribution < 1.29 is 0 Å². The highest BCUT2D eigenvalue weighted by molar-refractivity contribution is 9.10. The largest absolute Gasteiger partial charge is 0.373 e. The fraction of sp³-hybridized carbons (Fsp3) is 0.308. The molecule has 3 nitrogen and oxygen atoms in total. The predicted octanol–water partition coefficient (Wildman–Crippen LogP) is 3.09. The van der Waals surface area contributed by atoms with E-state index in [1.54, 1.807) is 0 Å². The molecule has 2 rings (SSSR count). The lowest BCUT2D eigenvalue weighted by Gasteiger charge is -2.20. The van der Waals surface area contributed by atoms with Crippen molar-refractivity contribution in [1.82, 2.24) is 9.78 Å². The molecular formula is C13H16BrN3. The standard InChI is InChI=1S/C13H16BrN3/c1-11-10-12(4-5-13(11)14)16(2)8-9-17-7-3-6-15-17/h3-7,10H,8-9H2,1-2H3. The molecule has 0 N–H and O–H groups in total. The van der Waals surface area contributed by atoms with Crippen LogP contribution in [0.15, 0.2) is 41.1 Å². The summed E-state index contributed by atoms with van der Waals surface area (Å²) in [6.07, 6.45) is 3.80. The van der Waals surface area contributed by atoms with Gasteiger partial charge in [-0.25, -0.2) is 0 Å². The van der Waals surface area contributed by atoms with Gasteiger partial charge in [0.1, 0.15) is 0 Å². The van der Waals surface area contributed by atoms with Crippen LogP contribution in [0, 0.1) is 6.92 Å². The van der Waals surface area contributed by atoms with Crippen molar-refractivity contribution in [1.29, 1.82) is 0 Å². The minimum absolute atomic E-state index is 0.901. The van der Waals surface area contributed by atoms with Crippen LogP contribution in [0.4, 0.5) is 5.69 Å². The first-order valence-electron chi connectivity index (χ1n) is 5.61. The average molecular weight is 294 g/mol. The molecule has 0 unspecified atom stereocenters. The molecule has 2 aromatic rings. The van der Waals surface area contributed by atoms with E-state index in [4.69, 9.17) is 0 Å². The second-order valence-corrected chi connectivity index (χ2v) is 4.98.